The molecule has 12 heteroatoms. The van der Waals surface area contributed by atoms with Gasteiger partial charge < -0.3 is 14.8 Å². The third-order valence-electron chi connectivity index (χ3n) is 5.87. The van der Waals surface area contributed by atoms with Crippen LogP contribution in [0.3, 0.4) is 0 Å². The molecule has 0 saturated heterocycles. The Bertz CT molecular complexity index is 1330. The SMILES string of the molecule is COc1cc2ncnc(Nc3ccc(F)c(Cl)c3)c2cc1OC1(NS(=O)(=O)N(C)C)CCCCC1. The number of anilines is 2. The highest BCUT2D eigenvalue weighted by atomic mass is 35.5. The largest absolute Gasteiger partial charge is 0.493 e. The molecule has 0 radical (unpaired) electrons. The first-order valence-electron chi connectivity index (χ1n) is 11.1. The van der Waals surface area contributed by atoms with E-state index in [2.05, 4.69) is 20.0 Å². The van der Waals surface area contributed by atoms with Gasteiger partial charge in [-0.15, -0.1) is 0 Å². The van der Waals surface area contributed by atoms with Gasteiger partial charge >= 0.3 is 0 Å². The fourth-order valence-corrected chi connectivity index (χ4v) is 5.08. The minimum Gasteiger partial charge on any atom is -0.493 e. The van der Waals surface area contributed by atoms with E-state index in [9.17, 15) is 12.8 Å². The summed E-state index contributed by atoms with van der Waals surface area (Å²) >= 11 is 5.92. The molecule has 0 spiro atoms. The van der Waals surface area contributed by atoms with Crippen LogP contribution in [0.2, 0.25) is 5.02 Å². The quantitative estimate of drug-likeness (QED) is 0.415. The summed E-state index contributed by atoms with van der Waals surface area (Å²) in [5.74, 6) is 0.666. The Morgan fingerprint density at radius 1 is 1.09 bits per heavy atom. The zero-order valence-electron chi connectivity index (χ0n) is 19.6. The number of rotatable bonds is 8. The highest BCUT2D eigenvalue weighted by molar-refractivity contribution is 7.87. The minimum atomic E-state index is -3.76. The second-order valence-electron chi connectivity index (χ2n) is 8.54. The topological polar surface area (TPSA) is 106 Å². The van der Waals surface area contributed by atoms with Crippen LogP contribution in [0, 0.1) is 5.82 Å². The number of hydrogen-bond acceptors (Lipinski definition) is 7. The summed E-state index contributed by atoms with van der Waals surface area (Å²) in [4.78, 5) is 8.64. The smallest absolute Gasteiger partial charge is 0.282 e. The van der Waals surface area contributed by atoms with Crippen molar-refractivity contribution >= 4 is 44.2 Å². The molecular weight excluding hydrogens is 497 g/mol. The van der Waals surface area contributed by atoms with Crippen molar-refractivity contribution in [3.05, 3.63) is 47.5 Å². The summed E-state index contributed by atoms with van der Waals surface area (Å²) in [6.07, 6.45) is 5.02. The number of nitrogens with one attached hydrogen (secondary N) is 2. The molecule has 1 aliphatic rings. The number of benzene rings is 2. The molecule has 35 heavy (non-hydrogen) atoms. The molecule has 2 N–H and O–H groups in total. The van der Waals surface area contributed by atoms with Gasteiger partial charge in [0.1, 0.15) is 18.0 Å². The predicted octanol–water partition coefficient (Wildman–Crippen LogP) is 4.61. The molecule has 0 unspecified atom stereocenters. The maximum atomic E-state index is 13.6. The van der Waals surface area contributed by atoms with Gasteiger partial charge in [-0.1, -0.05) is 18.0 Å². The molecule has 1 saturated carbocycles. The lowest BCUT2D eigenvalue weighted by molar-refractivity contribution is 0.0161. The molecule has 2 aromatic carbocycles. The lowest BCUT2D eigenvalue weighted by Crippen LogP contribution is -2.56. The first kappa shape index (κ1) is 25.4. The average molecular weight is 524 g/mol. The van der Waals surface area contributed by atoms with Crippen molar-refractivity contribution in [1.29, 1.82) is 0 Å². The Hall–Kier alpha value is -2.73. The van der Waals surface area contributed by atoms with E-state index >= 15 is 0 Å². The second kappa shape index (κ2) is 10.1. The van der Waals surface area contributed by atoms with Crippen molar-refractivity contribution in [2.45, 2.75) is 37.8 Å². The molecule has 0 bridgehead atoms. The standard InChI is InChI=1S/C23H27ClFN5O4S/c1-30(2)35(31,32)29-23(9-5-4-6-10-23)34-21-12-16-19(13-20(21)33-3)26-14-27-22(16)28-15-7-8-18(25)17(24)11-15/h7-8,11-14,29H,4-6,9-10H2,1-3H3,(H,26,27,28). The molecule has 188 valence electrons. The Morgan fingerprint density at radius 2 is 1.83 bits per heavy atom. The highest BCUT2D eigenvalue weighted by Gasteiger charge is 2.39. The van der Waals surface area contributed by atoms with Crippen LogP contribution in [0.25, 0.3) is 10.9 Å². The third-order valence-corrected chi connectivity index (χ3v) is 7.75. The van der Waals surface area contributed by atoms with Crippen molar-refractivity contribution in [2.75, 3.05) is 26.5 Å². The summed E-state index contributed by atoms with van der Waals surface area (Å²) in [6.45, 7) is 0. The molecule has 1 aliphatic carbocycles. The summed E-state index contributed by atoms with van der Waals surface area (Å²) in [5.41, 5.74) is -0.0145. The van der Waals surface area contributed by atoms with E-state index in [0.29, 0.717) is 46.7 Å². The number of aromatic nitrogens is 2. The number of ether oxygens (including phenoxy) is 2. The molecular formula is C23H27ClFN5O4S. The van der Waals surface area contributed by atoms with E-state index < -0.39 is 21.8 Å². The van der Waals surface area contributed by atoms with Gasteiger partial charge in [-0.2, -0.15) is 17.4 Å². The minimum absolute atomic E-state index is 0.0218. The number of methoxy groups -OCH3 is 1. The first-order valence-corrected chi connectivity index (χ1v) is 12.9. The van der Waals surface area contributed by atoms with E-state index in [4.69, 9.17) is 21.1 Å². The van der Waals surface area contributed by atoms with Crippen molar-refractivity contribution in [1.82, 2.24) is 19.0 Å². The van der Waals surface area contributed by atoms with Crippen LogP contribution >= 0.6 is 11.6 Å². The van der Waals surface area contributed by atoms with Crippen LogP contribution in [0.4, 0.5) is 15.9 Å². The number of nitrogens with zero attached hydrogens (tertiary/aromatic N) is 3. The number of hydrogen-bond donors (Lipinski definition) is 2. The lowest BCUT2D eigenvalue weighted by atomic mass is 9.92. The molecule has 0 amide bonds. The van der Waals surface area contributed by atoms with Crippen LogP contribution in [0.5, 0.6) is 11.5 Å². The summed E-state index contributed by atoms with van der Waals surface area (Å²) in [7, 11) is 0.678. The van der Waals surface area contributed by atoms with Crippen LogP contribution in [0.15, 0.2) is 36.7 Å². The second-order valence-corrected chi connectivity index (χ2v) is 10.8. The zero-order chi connectivity index (χ0) is 25.2. The van der Waals surface area contributed by atoms with Gasteiger partial charge in [0, 0.05) is 44.1 Å². The van der Waals surface area contributed by atoms with Gasteiger partial charge in [-0.25, -0.2) is 14.4 Å². The van der Waals surface area contributed by atoms with Gasteiger partial charge in [-0.3, -0.25) is 0 Å². The van der Waals surface area contributed by atoms with Crippen molar-refractivity contribution in [2.24, 2.45) is 0 Å². The molecule has 9 nitrogen and oxygen atoms in total. The van der Waals surface area contributed by atoms with Gasteiger partial charge in [0.25, 0.3) is 10.2 Å². The van der Waals surface area contributed by atoms with Gasteiger partial charge in [0.2, 0.25) is 0 Å². The van der Waals surface area contributed by atoms with E-state index in [1.54, 1.807) is 18.2 Å². The maximum Gasteiger partial charge on any atom is 0.282 e. The zero-order valence-corrected chi connectivity index (χ0v) is 21.2. The predicted molar refractivity (Wildman–Crippen MR) is 133 cm³/mol. The molecule has 0 atom stereocenters. The van der Waals surface area contributed by atoms with Crippen molar-refractivity contribution in [3.8, 4) is 11.5 Å². The lowest BCUT2D eigenvalue weighted by Gasteiger charge is -2.38. The normalized spacial score (nSPS) is 15.8. The molecule has 1 fully saturated rings. The van der Waals surface area contributed by atoms with E-state index in [-0.39, 0.29) is 5.02 Å². The summed E-state index contributed by atoms with van der Waals surface area (Å²) in [6, 6.07) is 7.67. The van der Waals surface area contributed by atoms with Crippen LogP contribution in [-0.2, 0) is 10.2 Å². The van der Waals surface area contributed by atoms with Crippen LogP contribution < -0.4 is 19.5 Å². The Balaban J connectivity index is 1.75. The fraction of sp³-hybridized carbons (Fsp3) is 0.391. The molecule has 1 aromatic heterocycles. The van der Waals surface area contributed by atoms with Gasteiger partial charge in [-0.05, 0) is 37.1 Å². The monoisotopic (exact) mass is 523 g/mol. The van der Waals surface area contributed by atoms with E-state index in [1.807, 2.05) is 0 Å². The number of fused-ring (bicyclic) bond motifs is 1. The molecule has 4 rings (SSSR count). The Labute approximate surface area is 208 Å². The Kier molecular flexibility index (Phi) is 7.32. The highest BCUT2D eigenvalue weighted by Crippen LogP contribution is 2.40. The molecule has 3 aromatic rings. The molecule has 1 heterocycles. The van der Waals surface area contributed by atoms with Crippen LogP contribution in [-0.4, -0.2) is 49.6 Å². The first-order chi connectivity index (χ1) is 16.6. The third kappa shape index (κ3) is 5.58. The van der Waals surface area contributed by atoms with E-state index in [1.165, 1.54) is 39.7 Å². The van der Waals surface area contributed by atoms with Gasteiger partial charge in [0.15, 0.2) is 17.2 Å². The van der Waals surface area contributed by atoms with Crippen molar-refractivity contribution in [3.63, 3.8) is 0 Å². The fourth-order valence-electron chi connectivity index (χ4n) is 4.00. The van der Waals surface area contributed by atoms with Crippen molar-refractivity contribution < 1.29 is 22.3 Å². The summed E-state index contributed by atoms with van der Waals surface area (Å²) < 4.78 is 54.8. The van der Waals surface area contributed by atoms with Crippen LogP contribution in [0.1, 0.15) is 32.1 Å². The maximum absolute atomic E-state index is 13.6. The number of halogens is 2. The Morgan fingerprint density at radius 3 is 2.49 bits per heavy atom. The molecule has 0 aliphatic heterocycles. The van der Waals surface area contributed by atoms with E-state index in [0.717, 1.165) is 23.6 Å². The average Bonchev–Trinajstić information content (AvgIpc) is 2.81. The van der Waals surface area contributed by atoms with Gasteiger partial charge in [0.05, 0.1) is 17.6 Å². The summed E-state index contributed by atoms with van der Waals surface area (Å²) in [5, 5.41) is 3.71.